The first-order chi connectivity index (χ1) is 12.3. The van der Waals surface area contributed by atoms with Crippen LogP contribution in [0.4, 0.5) is 0 Å². The number of aryl methyl sites for hydroxylation is 1. The molecule has 142 valence electrons. The van der Waals surface area contributed by atoms with Crippen LogP contribution in [0.2, 0.25) is 0 Å². The topological polar surface area (TPSA) is 79.5 Å². The van der Waals surface area contributed by atoms with Crippen molar-refractivity contribution in [2.75, 3.05) is 6.61 Å². The van der Waals surface area contributed by atoms with Crippen LogP contribution in [0.25, 0.3) is 0 Å². The Morgan fingerprint density at radius 3 is 2.46 bits per heavy atom. The number of hydrogen-bond acceptors (Lipinski definition) is 4. The van der Waals surface area contributed by atoms with Gasteiger partial charge < -0.3 is 14.6 Å². The molecule has 2 saturated heterocycles. The number of amides is 1. The third-order valence-electron chi connectivity index (χ3n) is 6.29. The van der Waals surface area contributed by atoms with Crippen LogP contribution in [-0.4, -0.2) is 46.2 Å². The molecule has 6 nitrogen and oxygen atoms in total. The van der Waals surface area contributed by atoms with Crippen molar-refractivity contribution in [1.82, 2.24) is 9.88 Å². The van der Waals surface area contributed by atoms with Gasteiger partial charge in [0.25, 0.3) is 5.91 Å². The van der Waals surface area contributed by atoms with E-state index in [1.807, 2.05) is 32.6 Å². The minimum absolute atomic E-state index is 0.0614. The number of Topliss-reactive ketones (excluding diaryl/α,β-unsaturated/α-hetero) is 1. The Morgan fingerprint density at radius 2 is 1.92 bits per heavy atom. The molecule has 26 heavy (non-hydrogen) atoms. The monoisotopic (exact) mass is 360 g/mol. The fraction of sp³-hybridized carbons (Fsp3) is 0.650. The van der Waals surface area contributed by atoms with Gasteiger partial charge in [0.15, 0.2) is 5.78 Å². The molecule has 2 bridgehead atoms. The lowest BCUT2D eigenvalue weighted by Crippen LogP contribution is -2.45. The van der Waals surface area contributed by atoms with Crippen LogP contribution < -0.4 is 0 Å². The van der Waals surface area contributed by atoms with Crippen LogP contribution in [-0.2, 0) is 9.53 Å². The number of nitrogens with zero attached hydrogens (tertiary/aromatic N) is 1. The number of nitrogens with one attached hydrogen (secondary N) is 1. The molecule has 0 aromatic carbocycles. The molecular formula is C20H28N2O4. The number of hydrogen-bond donors (Lipinski definition) is 1. The Hall–Kier alpha value is -2.11. The van der Waals surface area contributed by atoms with Gasteiger partial charge in [-0.05, 0) is 52.0 Å². The summed E-state index contributed by atoms with van der Waals surface area (Å²) in [6, 6.07) is -0.0649. The van der Waals surface area contributed by atoms with Crippen LogP contribution in [0.1, 0.15) is 78.6 Å². The Bertz CT molecular complexity index is 766. The minimum Gasteiger partial charge on any atom is -0.466 e. The van der Waals surface area contributed by atoms with Gasteiger partial charge >= 0.3 is 5.97 Å². The largest absolute Gasteiger partial charge is 0.466 e. The zero-order valence-corrected chi connectivity index (χ0v) is 16.3. The van der Waals surface area contributed by atoms with Gasteiger partial charge in [-0.15, -0.1) is 0 Å². The molecule has 0 unspecified atom stereocenters. The van der Waals surface area contributed by atoms with Crippen molar-refractivity contribution >= 4 is 17.7 Å². The number of carbonyl (C=O) groups excluding carboxylic acids is 3. The molecule has 1 aromatic heterocycles. The zero-order chi connectivity index (χ0) is 19.2. The first-order valence-corrected chi connectivity index (χ1v) is 9.48. The van der Waals surface area contributed by atoms with Gasteiger partial charge in [0.1, 0.15) is 0 Å². The number of carbonyl (C=O) groups is 3. The van der Waals surface area contributed by atoms with Gasteiger partial charge in [-0.25, -0.2) is 0 Å². The molecule has 0 spiro atoms. The van der Waals surface area contributed by atoms with E-state index >= 15 is 0 Å². The van der Waals surface area contributed by atoms with E-state index in [1.165, 1.54) is 6.92 Å². The Kier molecular flexibility index (Phi) is 4.71. The predicted molar refractivity (Wildman–Crippen MR) is 97.2 cm³/mol. The van der Waals surface area contributed by atoms with E-state index < -0.39 is 5.41 Å². The van der Waals surface area contributed by atoms with Gasteiger partial charge in [0, 0.05) is 24.7 Å². The molecule has 0 aliphatic carbocycles. The molecule has 3 heterocycles. The van der Waals surface area contributed by atoms with E-state index in [1.54, 1.807) is 0 Å². The quantitative estimate of drug-likeness (QED) is 0.646. The standard InChI is InChI=1S/C20H28N2O4/c1-6-20(19(25)26-7-2)10-14-8-9-15(20)22(14)18(24)16-11(3)17(13(5)23)21-12(16)4/h14-15,21H,6-10H2,1-5H3/t14-,15+,20+/m1/s1. The fourth-order valence-corrected chi connectivity index (χ4v) is 5.06. The molecule has 2 fully saturated rings. The highest BCUT2D eigenvalue weighted by Gasteiger charge is 2.61. The van der Waals surface area contributed by atoms with Gasteiger partial charge in [0.2, 0.25) is 0 Å². The summed E-state index contributed by atoms with van der Waals surface area (Å²) >= 11 is 0. The number of rotatable bonds is 5. The van der Waals surface area contributed by atoms with E-state index in [-0.39, 0.29) is 29.7 Å². The van der Waals surface area contributed by atoms with E-state index in [0.29, 0.717) is 42.0 Å². The average Bonchev–Trinajstić information content (AvgIpc) is 3.24. The normalized spacial score (nSPS) is 27.0. The molecule has 2 aliphatic rings. The summed E-state index contributed by atoms with van der Waals surface area (Å²) in [5.74, 6) is -0.334. The second kappa shape index (κ2) is 6.56. The number of fused-ring (bicyclic) bond motifs is 2. The summed E-state index contributed by atoms with van der Waals surface area (Å²) in [5, 5.41) is 0. The summed E-state index contributed by atoms with van der Waals surface area (Å²) in [7, 11) is 0. The number of esters is 1. The first-order valence-electron chi connectivity index (χ1n) is 9.48. The Morgan fingerprint density at radius 1 is 1.23 bits per heavy atom. The Balaban J connectivity index is 1.97. The van der Waals surface area contributed by atoms with Gasteiger partial charge in [0.05, 0.1) is 23.3 Å². The summed E-state index contributed by atoms with van der Waals surface area (Å²) in [6.07, 6.45) is 3.08. The SMILES string of the molecule is CCOC(=O)[C@@]1(CC)C[C@H]2CC[C@@H]1N2C(=O)c1c(C)[nH]c(C(C)=O)c1C. The molecule has 2 aliphatic heterocycles. The molecule has 6 heteroatoms. The number of H-pyrrole nitrogens is 1. The van der Waals surface area contributed by atoms with Crippen LogP contribution in [0, 0.1) is 19.3 Å². The second-order valence-corrected chi connectivity index (χ2v) is 7.57. The third kappa shape index (κ3) is 2.49. The molecular weight excluding hydrogens is 332 g/mol. The third-order valence-corrected chi connectivity index (χ3v) is 6.29. The van der Waals surface area contributed by atoms with E-state index in [0.717, 1.165) is 12.8 Å². The number of ketones is 1. The van der Waals surface area contributed by atoms with Crippen molar-refractivity contribution in [3.8, 4) is 0 Å². The van der Waals surface area contributed by atoms with E-state index in [9.17, 15) is 14.4 Å². The van der Waals surface area contributed by atoms with Gasteiger partial charge in [-0.2, -0.15) is 0 Å². The summed E-state index contributed by atoms with van der Waals surface area (Å²) in [6.45, 7) is 9.29. The lowest BCUT2D eigenvalue weighted by molar-refractivity contribution is -0.157. The molecule has 1 N–H and O–H groups in total. The molecule has 1 aromatic rings. The number of aromatic amines is 1. The van der Waals surface area contributed by atoms with Gasteiger partial charge in [-0.3, -0.25) is 14.4 Å². The van der Waals surface area contributed by atoms with Crippen molar-refractivity contribution < 1.29 is 19.1 Å². The highest BCUT2D eigenvalue weighted by atomic mass is 16.5. The van der Waals surface area contributed by atoms with E-state index in [2.05, 4.69) is 4.98 Å². The zero-order valence-electron chi connectivity index (χ0n) is 16.3. The van der Waals surface area contributed by atoms with Crippen molar-refractivity contribution in [3.05, 3.63) is 22.5 Å². The molecule has 1 amide bonds. The lowest BCUT2D eigenvalue weighted by atomic mass is 9.72. The lowest BCUT2D eigenvalue weighted by Gasteiger charge is -2.34. The summed E-state index contributed by atoms with van der Waals surface area (Å²) < 4.78 is 5.36. The highest BCUT2D eigenvalue weighted by molar-refractivity contribution is 6.03. The summed E-state index contributed by atoms with van der Waals surface area (Å²) in [5.41, 5.74) is 1.87. The van der Waals surface area contributed by atoms with E-state index in [4.69, 9.17) is 4.74 Å². The smallest absolute Gasteiger partial charge is 0.314 e. The molecule has 3 rings (SSSR count). The molecule has 0 radical (unpaired) electrons. The van der Waals surface area contributed by atoms with Crippen molar-refractivity contribution in [2.24, 2.45) is 5.41 Å². The summed E-state index contributed by atoms with van der Waals surface area (Å²) in [4.78, 5) is 42.9. The second-order valence-electron chi connectivity index (χ2n) is 7.57. The maximum Gasteiger partial charge on any atom is 0.314 e. The number of ether oxygens (including phenoxy) is 1. The molecule has 0 saturated carbocycles. The predicted octanol–water partition coefficient (Wildman–Crippen LogP) is 3.17. The van der Waals surface area contributed by atoms with Crippen molar-refractivity contribution in [3.63, 3.8) is 0 Å². The van der Waals surface area contributed by atoms with Crippen molar-refractivity contribution in [1.29, 1.82) is 0 Å². The van der Waals surface area contributed by atoms with Crippen LogP contribution in [0.5, 0.6) is 0 Å². The van der Waals surface area contributed by atoms with Gasteiger partial charge in [-0.1, -0.05) is 6.92 Å². The molecule has 3 atom stereocenters. The fourth-order valence-electron chi connectivity index (χ4n) is 5.06. The number of aromatic nitrogens is 1. The van der Waals surface area contributed by atoms with Crippen LogP contribution >= 0.6 is 0 Å². The minimum atomic E-state index is -0.601. The maximum atomic E-state index is 13.4. The highest BCUT2D eigenvalue weighted by Crippen LogP contribution is 2.53. The maximum absolute atomic E-state index is 13.4. The Labute approximate surface area is 154 Å². The van der Waals surface area contributed by atoms with Crippen LogP contribution in [0.15, 0.2) is 0 Å². The average molecular weight is 360 g/mol. The van der Waals surface area contributed by atoms with Crippen molar-refractivity contribution in [2.45, 2.75) is 72.4 Å². The van der Waals surface area contributed by atoms with Crippen LogP contribution in [0.3, 0.4) is 0 Å². The first kappa shape index (κ1) is 18.7.